The second kappa shape index (κ2) is 8.49. The summed E-state index contributed by atoms with van der Waals surface area (Å²) in [5.41, 5.74) is 3.35. The summed E-state index contributed by atoms with van der Waals surface area (Å²) in [4.78, 5) is 4.35. The van der Waals surface area contributed by atoms with Crippen LogP contribution >= 0.6 is 22.6 Å². The molecule has 0 saturated heterocycles. The Labute approximate surface area is 165 Å². The molecule has 2 N–H and O–H groups in total. The van der Waals surface area contributed by atoms with Gasteiger partial charge in [0, 0.05) is 16.3 Å². The molecule has 1 aromatic heterocycles. The number of rotatable bonds is 6. The zero-order chi connectivity index (χ0) is 18.4. The van der Waals surface area contributed by atoms with E-state index >= 15 is 0 Å². The lowest BCUT2D eigenvalue weighted by atomic mass is 10.2. The minimum Gasteiger partial charge on any atom is -0.497 e. The molecule has 3 aromatic rings. The van der Waals surface area contributed by atoms with Crippen LogP contribution in [0.1, 0.15) is 16.7 Å². The van der Waals surface area contributed by atoms with Crippen LogP contribution in [-0.4, -0.2) is 23.5 Å². The number of alkyl halides is 1. The zero-order valence-electron chi connectivity index (χ0n) is 14.0. The maximum atomic E-state index is 9.49. The topological polar surface area (TPSA) is 86.1 Å². The van der Waals surface area contributed by atoms with Gasteiger partial charge in [-0.1, -0.05) is 34.7 Å². The van der Waals surface area contributed by atoms with Gasteiger partial charge in [-0.15, -0.1) is 0 Å². The van der Waals surface area contributed by atoms with Crippen molar-refractivity contribution >= 4 is 46.1 Å². The molecule has 0 fully saturated rings. The maximum absolute atomic E-state index is 9.49. The van der Waals surface area contributed by atoms with Crippen LogP contribution in [0.15, 0.2) is 53.5 Å². The van der Waals surface area contributed by atoms with Gasteiger partial charge < -0.3 is 10.1 Å². The number of nitrogens with zero attached hydrogens (tertiary/aromatic N) is 3. The molecule has 6 nitrogen and oxygen atoms in total. The molecule has 130 valence electrons. The summed E-state index contributed by atoms with van der Waals surface area (Å²) < 4.78 is 6.05. The van der Waals surface area contributed by atoms with Gasteiger partial charge >= 0.3 is 0 Å². The fraction of sp³-hybridized carbons (Fsp3) is 0.105. The van der Waals surface area contributed by atoms with Gasteiger partial charge in [-0.3, -0.25) is 5.10 Å². The average Bonchev–Trinajstić information content (AvgIpc) is 3.08. The van der Waals surface area contributed by atoms with Crippen molar-refractivity contribution < 1.29 is 4.74 Å². The van der Waals surface area contributed by atoms with Crippen molar-refractivity contribution in [3.63, 3.8) is 0 Å². The van der Waals surface area contributed by atoms with E-state index < -0.39 is 0 Å². The number of anilines is 2. The number of aromatic nitrogens is 2. The number of ether oxygens (including phenoxy) is 1. The number of aliphatic imine (C=N–C) groups is 1. The summed E-state index contributed by atoms with van der Waals surface area (Å²) in [6.07, 6.45) is 1.67. The largest absolute Gasteiger partial charge is 0.497 e. The molecular formula is C19H16IN5O. The van der Waals surface area contributed by atoms with Crippen LogP contribution in [0.4, 0.5) is 17.3 Å². The molecule has 7 heteroatoms. The quantitative estimate of drug-likeness (QED) is 0.319. The van der Waals surface area contributed by atoms with Crippen LogP contribution < -0.4 is 10.1 Å². The summed E-state index contributed by atoms with van der Waals surface area (Å²) >= 11 is 2.31. The summed E-state index contributed by atoms with van der Waals surface area (Å²) in [6, 6.07) is 17.6. The van der Waals surface area contributed by atoms with Crippen LogP contribution in [0.25, 0.3) is 0 Å². The van der Waals surface area contributed by atoms with E-state index in [1.807, 2.05) is 42.5 Å². The van der Waals surface area contributed by atoms with Gasteiger partial charge in [0.1, 0.15) is 17.4 Å². The Bertz CT molecular complexity index is 957. The molecule has 3 rings (SSSR count). The predicted molar refractivity (Wildman–Crippen MR) is 111 cm³/mol. The molecule has 0 unspecified atom stereocenters. The Hall–Kier alpha value is -2.86. The Morgan fingerprint density at radius 1 is 1.31 bits per heavy atom. The van der Waals surface area contributed by atoms with Crippen LogP contribution in [0.3, 0.4) is 0 Å². The summed E-state index contributed by atoms with van der Waals surface area (Å²) in [5.74, 6) is 1.65. The van der Waals surface area contributed by atoms with Crippen molar-refractivity contribution in [2.24, 2.45) is 4.99 Å². The Morgan fingerprint density at radius 3 is 2.81 bits per heavy atom. The molecule has 0 amide bonds. The Balaban J connectivity index is 1.81. The lowest BCUT2D eigenvalue weighted by Gasteiger charge is -2.04. The fourth-order valence-electron chi connectivity index (χ4n) is 2.32. The Kier molecular flexibility index (Phi) is 5.86. The van der Waals surface area contributed by atoms with Crippen molar-refractivity contribution in [3.05, 3.63) is 65.2 Å². The first-order chi connectivity index (χ1) is 12.7. The first-order valence-electron chi connectivity index (χ1n) is 7.82. The third-order valence-electron chi connectivity index (χ3n) is 3.66. The molecule has 0 aliphatic carbocycles. The number of hydrogen-bond donors (Lipinski definition) is 2. The highest BCUT2D eigenvalue weighted by atomic mass is 127. The lowest BCUT2D eigenvalue weighted by molar-refractivity contribution is 0.415. The van der Waals surface area contributed by atoms with E-state index in [2.05, 4.69) is 55.2 Å². The molecule has 0 saturated carbocycles. The normalized spacial score (nSPS) is 10.7. The molecule has 0 bridgehead atoms. The molecule has 26 heavy (non-hydrogen) atoms. The summed E-state index contributed by atoms with van der Waals surface area (Å²) in [6.45, 7) is 0. The van der Waals surface area contributed by atoms with E-state index in [0.717, 1.165) is 21.4 Å². The lowest BCUT2D eigenvalue weighted by Crippen LogP contribution is -1.93. The van der Waals surface area contributed by atoms with Gasteiger partial charge in [0.15, 0.2) is 11.6 Å². The minimum atomic E-state index is 0.370. The van der Waals surface area contributed by atoms with Crippen molar-refractivity contribution in [1.82, 2.24) is 10.2 Å². The Morgan fingerprint density at radius 2 is 2.12 bits per heavy atom. The maximum Gasteiger partial charge on any atom is 0.172 e. The third kappa shape index (κ3) is 4.21. The van der Waals surface area contributed by atoms with Gasteiger partial charge in [-0.25, -0.2) is 4.99 Å². The first kappa shape index (κ1) is 17.9. The number of nitriles is 1. The minimum absolute atomic E-state index is 0.370. The van der Waals surface area contributed by atoms with Gasteiger partial charge in [0.05, 0.1) is 7.11 Å². The zero-order valence-corrected chi connectivity index (χ0v) is 16.2. The third-order valence-corrected chi connectivity index (χ3v) is 4.54. The molecule has 0 atom stereocenters. The van der Waals surface area contributed by atoms with Gasteiger partial charge in [-0.2, -0.15) is 10.4 Å². The molecule has 0 spiro atoms. The number of nitrogens with one attached hydrogen (secondary N) is 2. The number of hydrogen-bond acceptors (Lipinski definition) is 5. The van der Waals surface area contributed by atoms with E-state index in [-0.39, 0.29) is 0 Å². The standard InChI is InChI=1S/C19H16IN5O/c1-26-16-7-5-13(6-8-16)12-22-18-17(11-21)19(25-24-18)23-15-4-2-3-14(9-15)10-20/h2-9,12H,10H2,1H3,(H2,23,24,25)/b22-12+. The highest BCUT2D eigenvalue weighted by Crippen LogP contribution is 2.26. The van der Waals surface area contributed by atoms with Gasteiger partial charge in [0.25, 0.3) is 0 Å². The number of H-pyrrole nitrogens is 1. The molecular weight excluding hydrogens is 441 g/mol. The molecule has 0 aliphatic heterocycles. The van der Waals surface area contributed by atoms with Crippen molar-refractivity contribution in [2.45, 2.75) is 4.43 Å². The molecule has 0 aliphatic rings. The second-order valence-electron chi connectivity index (χ2n) is 5.40. The number of benzene rings is 2. The van der Waals surface area contributed by atoms with Crippen molar-refractivity contribution in [1.29, 1.82) is 5.26 Å². The molecule has 2 aromatic carbocycles. The van der Waals surface area contributed by atoms with E-state index in [1.165, 1.54) is 5.56 Å². The van der Waals surface area contributed by atoms with Crippen LogP contribution in [0.2, 0.25) is 0 Å². The highest BCUT2D eigenvalue weighted by molar-refractivity contribution is 14.1. The fourth-order valence-corrected chi connectivity index (χ4v) is 2.80. The number of aromatic amines is 1. The average molecular weight is 457 g/mol. The monoisotopic (exact) mass is 457 g/mol. The van der Waals surface area contributed by atoms with E-state index in [0.29, 0.717) is 17.2 Å². The molecule has 0 radical (unpaired) electrons. The number of methoxy groups -OCH3 is 1. The second-order valence-corrected chi connectivity index (χ2v) is 6.16. The van der Waals surface area contributed by atoms with E-state index in [4.69, 9.17) is 4.74 Å². The first-order valence-corrected chi connectivity index (χ1v) is 9.34. The van der Waals surface area contributed by atoms with E-state index in [9.17, 15) is 5.26 Å². The van der Waals surface area contributed by atoms with Crippen LogP contribution in [0, 0.1) is 11.3 Å². The SMILES string of the molecule is COc1ccc(/C=N/c2[nH]nc(Nc3cccc(CI)c3)c2C#N)cc1. The smallest absolute Gasteiger partial charge is 0.172 e. The van der Waals surface area contributed by atoms with Crippen LogP contribution in [0.5, 0.6) is 5.75 Å². The van der Waals surface area contributed by atoms with Crippen molar-refractivity contribution in [3.8, 4) is 11.8 Å². The highest BCUT2D eigenvalue weighted by Gasteiger charge is 2.12. The van der Waals surface area contributed by atoms with E-state index in [1.54, 1.807) is 13.3 Å². The summed E-state index contributed by atoms with van der Waals surface area (Å²) in [7, 11) is 1.62. The van der Waals surface area contributed by atoms with Gasteiger partial charge in [0.2, 0.25) is 0 Å². The van der Waals surface area contributed by atoms with Crippen LogP contribution in [-0.2, 0) is 4.43 Å². The number of halogens is 1. The van der Waals surface area contributed by atoms with Gasteiger partial charge in [-0.05, 0) is 47.5 Å². The summed E-state index contributed by atoms with van der Waals surface area (Å²) in [5, 5.41) is 19.7. The van der Waals surface area contributed by atoms with Crippen molar-refractivity contribution in [2.75, 3.05) is 12.4 Å². The molecule has 1 heterocycles. The predicted octanol–water partition coefficient (Wildman–Crippen LogP) is 4.72.